The molecule has 1 fully saturated rings. The van der Waals surface area contributed by atoms with Crippen molar-refractivity contribution in [1.29, 1.82) is 0 Å². The highest BCUT2D eigenvalue weighted by Gasteiger charge is 2.33. The number of ether oxygens (including phenoxy) is 1. The maximum absolute atomic E-state index is 11.9. The fourth-order valence-corrected chi connectivity index (χ4v) is 3.92. The Hall–Kier alpha value is -2.05. The Morgan fingerprint density at radius 2 is 2.15 bits per heavy atom. The van der Waals surface area contributed by atoms with Crippen molar-refractivity contribution in [2.24, 2.45) is 0 Å². The molecule has 1 N–H and O–H groups in total. The lowest BCUT2D eigenvalue weighted by Crippen LogP contribution is -2.41. The molecule has 1 unspecified atom stereocenters. The molecule has 7 heteroatoms. The van der Waals surface area contributed by atoms with Gasteiger partial charge < -0.3 is 14.6 Å². The topological polar surface area (TPSA) is 61.5 Å². The van der Waals surface area contributed by atoms with Crippen LogP contribution in [0.2, 0.25) is 5.02 Å². The number of imidazole rings is 1. The van der Waals surface area contributed by atoms with E-state index < -0.39 is 0 Å². The molecular weight excluding hydrogens is 352 g/mol. The summed E-state index contributed by atoms with van der Waals surface area (Å²) in [7, 11) is 0. The second kappa shape index (κ2) is 7.29. The molecule has 0 radical (unpaired) electrons. The lowest BCUT2D eigenvalue weighted by Gasteiger charge is -2.31. The van der Waals surface area contributed by atoms with E-state index in [-0.39, 0.29) is 6.09 Å². The molecule has 138 valence electrons. The summed E-state index contributed by atoms with van der Waals surface area (Å²) in [6.07, 6.45) is 1.72. The minimum absolute atomic E-state index is 0.195. The van der Waals surface area contributed by atoms with Crippen molar-refractivity contribution in [2.75, 3.05) is 26.2 Å². The molecule has 0 saturated carbocycles. The maximum atomic E-state index is 11.9. The normalized spacial score (nSPS) is 20.2. The van der Waals surface area contributed by atoms with Crippen molar-refractivity contribution >= 4 is 17.7 Å². The van der Waals surface area contributed by atoms with Crippen LogP contribution in [0.25, 0.3) is 11.4 Å². The summed E-state index contributed by atoms with van der Waals surface area (Å²) in [5.74, 6) is 0.896. The van der Waals surface area contributed by atoms with E-state index in [4.69, 9.17) is 21.3 Å². The molecule has 1 saturated heterocycles. The average molecular weight is 375 g/mol. The number of carbonyl (C=O) groups excluding carboxylic acids is 1. The molecule has 0 aliphatic carbocycles. The molecule has 26 heavy (non-hydrogen) atoms. The van der Waals surface area contributed by atoms with Gasteiger partial charge >= 0.3 is 6.09 Å². The van der Waals surface area contributed by atoms with Crippen molar-refractivity contribution in [3.8, 4) is 11.4 Å². The summed E-state index contributed by atoms with van der Waals surface area (Å²) >= 11 is 5.97. The van der Waals surface area contributed by atoms with Crippen LogP contribution >= 0.6 is 11.6 Å². The highest BCUT2D eigenvalue weighted by atomic mass is 35.5. The van der Waals surface area contributed by atoms with E-state index >= 15 is 0 Å². The summed E-state index contributed by atoms with van der Waals surface area (Å²) in [6, 6.07) is 8.12. The van der Waals surface area contributed by atoms with Crippen LogP contribution in [0.5, 0.6) is 0 Å². The molecular formula is C19H23ClN4O2. The fourth-order valence-electron chi connectivity index (χ4n) is 3.79. The average Bonchev–Trinajstić information content (AvgIpc) is 3.29. The minimum atomic E-state index is -0.195. The Balaban J connectivity index is 1.44. The van der Waals surface area contributed by atoms with Crippen LogP contribution in [0.15, 0.2) is 24.3 Å². The summed E-state index contributed by atoms with van der Waals surface area (Å²) in [6.45, 7) is 5.59. The number of fused-ring (bicyclic) bond motifs is 1. The van der Waals surface area contributed by atoms with E-state index in [1.807, 2.05) is 36.1 Å². The third kappa shape index (κ3) is 3.44. The van der Waals surface area contributed by atoms with Crippen LogP contribution < -0.4 is 0 Å². The predicted octanol–water partition coefficient (Wildman–Crippen LogP) is 3.32. The Bertz CT molecular complexity index is 789. The molecule has 2 aliphatic heterocycles. The number of benzene rings is 1. The van der Waals surface area contributed by atoms with Crippen molar-refractivity contribution < 1.29 is 9.53 Å². The highest BCUT2D eigenvalue weighted by Crippen LogP contribution is 2.27. The number of halogens is 1. The molecule has 4 rings (SSSR count). The predicted molar refractivity (Wildman–Crippen MR) is 100 cm³/mol. The zero-order valence-electron chi connectivity index (χ0n) is 14.9. The number of hydrogen-bond donors (Lipinski definition) is 1. The van der Waals surface area contributed by atoms with Crippen molar-refractivity contribution in [1.82, 2.24) is 19.8 Å². The van der Waals surface area contributed by atoms with E-state index in [9.17, 15) is 4.79 Å². The number of aromatic nitrogens is 2. The number of H-pyrrole nitrogens is 1. The van der Waals surface area contributed by atoms with Crippen LogP contribution in [0.1, 0.15) is 24.7 Å². The van der Waals surface area contributed by atoms with Gasteiger partial charge in [-0.05, 0) is 37.6 Å². The number of likely N-dealkylation sites (tertiary alicyclic amines) is 1. The number of amides is 1. The molecule has 6 nitrogen and oxygen atoms in total. The van der Waals surface area contributed by atoms with Gasteiger partial charge in [0.15, 0.2) is 0 Å². The highest BCUT2D eigenvalue weighted by molar-refractivity contribution is 6.30. The summed E-state index contributed by atoms with van der Waals surface area (Å²) < 4.78 is 5.12. The summed E-state index contributed by atoms with van der Waals surface area (Å²) in [4.78, 5) is 24.4. The van der Waals surface area contributed by atoms with Crippen LogP contribution in [-0.2, 0) is 17.7 Å². The SMILES string of the molecule is CCOC(=O)N1CCC(N2CCc3nc(-c4ccc(Cl)cc4)[nH]c3C2)C1. The number of nitrogens with one attached hydrogen (secondary N) is 1. The standard InChI is InChI=1S/C19H23ClN4O2/c1-2-26-19(25)24-9-7-15(11-24)23-10-8-16-17(12-23)22-18(21-16)13-3-5-14(20)6-4-13/h3-6,15H,2,7-12H2,1H3,(H,21,22). The first-order valence-electron chi connectivity index (χ1n) is 9.13. The Morgan fingerprint density at radius 1 is 1.35 bits per heavy atom. The molecule has 1 aromatic carbocycles. The number of carbonyl (C=O) groups is 1. The molecule has 0 bridgehead atoms. The lowest BCUT2D eigenvalue weighted by atomic mass is 10.1. The van der Waals surface area contributed by atoms with Gasteiger partial charge in [0, 0.05) is 49.2 Å². The second-order valence-electron chi connectivity index (χ2n) is 6.83. The van der Waals surface area contributed by atoms with Gasteiger partial charge in [-0.2, -0.15) is 0 Å². The largest absolute Gasteiger partial charge is 0.450 e. The zero-order chi connectivity index (χ0) is 18.1. The van der Waals surface area contributed by atoms with Crippen molar-refractivity contribution in [3.05, 3.63) is 40.7 Å². The molecule has 1 amide bonds. The first-order chi connectivity index (χ1) is 12.6. The third-order valence-corrected chi connectivity index (χ3v) is 5.44. The van der Waals surface area contributed by atoms with Crippen LogP contribution in [0.4, 0.5) is 4.79 Å². The van der Waals surface area contributed by atoms with E-state index in [0.29, 0.717) is 12.6 Å². The number of rotatable bonds is 3. The minimum Gasteiger partial charge on any atom is -0.450 e. The number of aromatic amines is 1. The maximum Gasteiger partial charge on any atom is 0.409 e. The molecule has 1 aromatic heterocycles. The van der Waals surface area contributed by atoms with Gasteiger partial charge in [-0.15, -0.1) is 0 Å². The van der Waals surface area contributed by atoms with Crippen LogP contribution in [0, 0.1) is 0 Å². The van der Waals surface area contributed by atoms with Crippen molar-refractivity contribution in [3.63, 3.8) is 0 Å². The smallest absolute Gasteiger partial charge is 0.409 e. The Labute approximate surface area is 158 Å². The van der Waals surface area contributed by atoms with Gasteiger partial charge in [0.25, 0.3) is 0 Å². The van der Waals surface area contributed by atoms with E-state index in [2.05, 4.69) is 9.88 Å². The van der Waals surface area contributed by atoms with Crippen LogP contribution in [0.3, 0.4) is 0 Å². The Morgan fingerprint density at radius 3 is 2.92 bits per heavy atom. The first kappa shape index (κ1) is 17.4. The second-order valence-corrected chi connectivity index (χ2v) is 7.26. The molecule has 3 heterocycles. The van der Waals surface area contributed by atoms with E-state index in [0.717, 1.165) is 61.1 Å². The van der Waals surface area contributed by atoms with Gasteiger partial charge in [0.2, 0.25) is 0 Å². The van der Waals surface area contributed by atoms with Gasteiger partial charge in [0.05, 0.1) is 18.0 Å². The Kier molecular flexibility index (Phi) is 4.87. The van der Waals surface area contributed by atoms with Gasteiger partial charge in [0.1, 0.15) is 5.82 Å². The van der Waals surface area contributed by atoms with Gasteiger partial charge in [-0.25, -0.2) is 9.78 Å². The number of hydrogen-bond acceptors (Lipinski definition) is 4. The summed E-state index contributed by atoms with van der Waals surface area (Å²) in [5, 5.41) is 0.726. The lowest BCUT2D eigenvalue weighted by molar-refractivity contribution is 0.109. The summed E-state index contributed by atoms with van der Waals surface area (Å²) in [5.41, 5.74) is 3.37. The third-order valence-electron chi connectivity index (χ3n) is 5.18. The molecule has 2 aromatic rings. The van der Waals surface area contributed by atoms with Crippen molar-refractivity contribution in [2.45, 2.75) is 32.4 Å². The fraction of sp³-hybridized carbons (Fsp3) is 0.474. The molecule has 1 atom stereocenters. The first-order valence-corrected chi connectivity index (χ1v) is 9.51. The van der Waals surface area contributed by atoms with Crippen LogP contribution in [-0.4, -0.2) is 58.1 Å². The molecule has 0 spiro atoms. The molecule has 2 aliphatic rings. The number of nitrogens with zero attached hydrogens (tertiary/aromatic N) is 3. The van der Waals surface area contributed by atoms with Gasteiger partial charge in [-0.1, -0.05) is 11.6 Å². The van der Waals surface area contributed by atoms with Gasteiger partial charge in [-0.3, -0.25) is 4.90 Å². The van der Waals surface area contributed by atoms with E-state index in [1.54, 1.807) is 0 Å². The van der Waals surface area contributed by atoms with E-state index in [1.165, 1.54) is 5.69 Å². The monoisotopic (exact) mass is 374 g/mol. The quantitative estimate of drug-likeness (QED) is 0.895. The zero-order valence-corrected chi connectivity index (χ0v) is 15.6.